The molecule has 2 amide bonds. The fourth-order valence-corrected chi connectivity index (χ4v) is 2.76. The van der Waals surface area contributed by atoms with E-state index >= 15 is 0 Å². The second-order valence-electron chi connectivity index (χ2n) is 6.38. The molecule has 7 heteroatoms. The second-order valence-corrected chi connectivity index (χ2v) is 6.38. The van der Waals surface area contributed by atoms with Gasteiger partial charge in [0.15, 0.2) is 6.61 Å². The summed E-state index contributed by atoms with van der Waals surface area (Å²) in [6.07, 6.45) is 1.59. The molecule has 0 aliphatic heterocycles. The summed E-state index contributed by atoms with van der Waals surface area (Å²) >= 11 is 0. The zero-order valence-corrected chi connectivity index (χ0v) is 15.8. The van der Waals surface area contributed by atoms with Crippen molar-refractivity contribution in [2.24, 2.45) is 5.10 Å². The third-order valence-corrected chi connectivity index (χ3v) is 4.13. The molecule has 0 aliphatic carbocycles. The summed E-state index contributed by atoms with van der Waals surface area (Å²) < 4.78 is 5.39. The van der Waals surface area contributed by atoms with E-state index in [0.717, 1.165) is 27.7 Å². The van der Waals surface area contributed by atoms with Crippen LogP contribution in [-0.4, -0.2) is 36.2 Å². The lowest BCUT2D eigenvalue weighted by atomic mass is 10.1. The molecule has 7 nitrogen and oxygen atoms in total. The van der Waals surface area contributed by atoms with Crippen molar-refractivity contribution in [2.45, 2.75) is 13.8 Å². The molecule has 3 rings (SSSR count). The number of para-hydroxylation sites is 1. The Morgan fingerprint density at radius 1 is 1.11 bits per heavy atom. The van der Waals surface area contributed by atoms with Crippen molar-refractivity contribution in [1.29, 1.82) is 0 Å². The average molecular weight is 378 g/mol. The van der Waals surface area contributed by atoms with Crippen LogP contribution in [0.5, 0.6) is 5.75 Å². The molecule has 1 aromatic heterocycles. The summed E-state index contributed by atoms with van der Waals surface area (Å²) in [6.45, 7) is 3.54. The van der Waals surface area contributed by atoms with Crippen LogP contribution in [0.2, 0.25) is 0 Å². The van der Waals surface area contributed by atoms with Gasteiger partial charge in [-0.2, -0.15) is 5.10 Å². The van der Waals surface area contributed by atoms with Gasteiger partial charge in [-0.15, -0.1) is 0 Å². The fraction of sp³-hybridized carbons (Fsp3) is 0.190. The molecule has 28 heavy (non-hydrogen) atoms. The minimum absolute atomic E-state index is 0.158. The van der Waals surface area contributed by atoms with E-state index in [-0.39, 0.29) is 19.1 Å². The summed E-state index contributed by atoms with van der Waals surface area (Å²) in [4.78, 5) is 26.9. The molecule has 3 N–H and O–H groups in total. The first-order chi connectivity index (χ1) is 13.5. The molecule has 2 aromatic carbocycles. The molecular weight excluding hydrogens is 356 g/mol. The second kappa shape index (κ2) is 8.85. The molecule has 1 heterocycles. The van der Waals surface area contributed by atoms with Crippen molar-refractivity contribution in [1.82, 2.24) is 15.7 Å². The number of benzene rings is 2. The first kappa shape index (κ1) is 19.2. The zero-order chi connectivity index (χ0) is 19.9. The summed E-state index contributed by atoms with van der Waals surface area (Å²) in [5.41, 5.74) is 6.33. The Morgan fingerprint density at radius 2 is 1.93 bits per heavy atom. The van der Waals surface area contributed by atoms with Crippen molar-refractivity contribution in [3.05, 3.63) is 65.4 Å². The van der Waals surface area contributed by atoms with E-state index in [1.165, 1.54) is 0 Å². The summed E-state index contributed by atoms with van der Waals surface area (Å²) in [7, 11) is 0. The standard InChI is InChI=1S/C21H22N4O3/c1-14-6-5-7-16(10-14)28-13-21(27)22-12-20(26)25-23-11-18-15(2)24-19-9-4-3-8-17(18)19/h3-11,24H,12-13H2,1-2H3,(H,22,27)(H,25,26)/b23-11-. The quantitative estimate of drug-likeness (QED) is 0.435. The fourth-order valence-electron chi connectivity index (χ4n) is 2.76. The number of aryl methyl sites for hydroxylation is 2. The molecule has 0 aliphatic rings. The molecule has 0 atom stereocenters. The van der Waals surface area contributed by atoms with Crippen LogP contribution < -0.4 is 15.5 Å². The maximum absolute atomic E-state index is 11.9. The van der Waals surface area contributed by atoms with Crippen LogP contribution in [0, 0.1) is 13.8 Å². The minimum atomic E-state index is -0.419. The number of fused-ring (bicyclic) bond motifs is 1. The highest BCUT2D eigenvalue weighted by Crippen LogP contribution is 2.19. The van der Waals surface area contributed by atoms with Gasteiger partial charge < -0.3 is 15.0 Å². The number of hydrogen-bond acceptors (Lipinski definition) is 4. The number of amides is 2. The van der Waals surface area contributed by atoms with Crippen molar-refractivity contribution in [3.63, 3.8) is 0 Å². The lowest BCUT2D eigenvalue weighted by Crippen LogP contribution is -2.37. The highest BCUT2D eigenvalue weighted by Gasteiger charge is 2.07. The maximum atomic E-state index is 11.9. The number of aromatic amines is 1. The number of H-pyrrole nitrogens is 1. The predicted molar refractivity (Wildman–Crippen MR) is 108 cm³/mol. The van der Waals surface area contributed by atoms with E-state index in [2.05, 4.69) is 20.8 Å². The Labute approximate surface area is 162 Å². The molecule has 0 radical (unpaired) electrons. The van der Waals surface area contributed by atoms with Gasteiger partial charge in [0.05, 0.1) is 12.8 Å². The normalized spacial score (nSPS) is 10.9. The molecule has 0 spiro atoms. The van der Waals surface area contributed by atoms with Gasteiger partial charge >= 0.3 is 0 Å². The van der Waals surface area contributed by atoms with Crippen molar-refractivity contribution in [2.75, 3.05) is 13.2 Å². The number of aromatic nitrogens is 1. The minimum Gasteiger partial charge on any atom is -0.484 e. The van der Waals surface area contributed by atoms with Crippen molar-refractivity contribution < 1.29 is 14.3 Å². The van der Waals surface area contributed by atoms with Gasteiger partial charge in [0.1, 0.15) is 5.75 Å². The van der Waals surface area contributed by atoms with E-state index in [4.69, 9.17) is 4.74 Å². The molecule has 0 fully saturated rings. The first-order valence-electron chi connectivity index (χ1n) is 8.88. The largest absolute Gasteiger partial charge is 0.484 e. The topological polar surface area (TPSA) is 95.6 Å². The van der Waals surface area contributed by atoms with Gasteiger partial charge in [-0.05, 0) is 37.6 Å². The molecule has 0 bridgehead atoms. The lowest BCUT2D eigenvalue weighted by Gasteiger charge is -2.07. The van der Waals surface area contributed by atoms with Gasteiger partial charge in [-0.25, -0.2) is 5.43 Å². The number of nitrogens with one attached hydrogen (secondary N) is 3. The van der Waals surface area contributed by atoms with Crippen LogP contribution in [0.25, 0.3) is 10.9 Å². The van der Waals surface area contributed by atoms with E-state index in [9.17, 15) is 9.59 Å². The van der Waals surface area contributed by atoms with E-state index in [1.807, 2.05) is 56.3 Å². The molecule has 144 valence electrons. The first-order valence-corrected chi connectivity index (χ1v) is 8.88. The van der Waals surface area contributed by atoms with Gasteiger partial charge in [0, 0.05) is 22.2 Å². The van der Waals surface area contributed by atoms with Crippen LogP contribution in [0.1, 0.15) is 16.8 Å². The van der Waals surface area contributed by atoms with E-state index in [0.29, 0.717) is 5.75 Å². The number of hydrogen-bond donors (Lipinski definition) is 3. The van der Waals surface area contributed by atoms with Gasteiger partial charge in [-0.3, -0.25) is 9.59 Å². The Hall–Kier alpha value is -3.61. The van der Waals surface area contributed by atoms with Gasteiger partial charge in [-0.1, -0.05) is 30.3 Å². The highest BCUT2D eigenvalue weighted by atomic mass is 16.5. The Balaban J connectivity index is 1.44. The summed E-state index contributed by atoms with van der Waals surface area (Å²) in [5.74, 6) is -0.191. The summed E-state index contributed by atoms with van der Waals surface area (Å²) in [5, 5.41) is 7.50. The van der Waals surface area contributed by atoms with E-state index in [1.54, 1.807) is 12.3 Å². The molecular formula is C21H22N4O3. The van der Waals surface area contributed by atoms with Crippen molar-refractivity contribution >= 4 is 28.9 Å². The number of ether oxygens (including phenoxy) is 1. The van der Waals surface area contributed by atoms with Crippen LogP contribution in [-0.2, 0) is 9.59 Å². The Bertz CT molecular complexity index is 1020. The van der Waals surface area contributed by atoms with Gasteiger partial charge in [0.25, 0.3) is 11.8 Å². The Kier molecular flexibility index (Phi) is 6.06. The third kappa shape index (κ3) is 4.97. The van der Waals surface area contributed by atoms with Crippen LogP contribution in [0.3, 0.4) is 0 Å². The molecule has 0 saturated carbocycles. The zero-order valence-electron chi connectivity index (χ0n) is 15.8. The van der Waals surface area contributed by atoms with Gasteiger partial charge in [0.2, 0.25) is 0 Å². The van der Waals surface area contributed by atoms with Crippen LogP contribution >= 0.6 is 0 Å². The lowest BCUT2D eigenvalue weighted by molar-refractivity contribution is -0.127. The SMILES string of the molecule is Cc1cccc(OCC(=O)NCC(=O)N/N=C\c2c(C)[nH]c3ccccc23)c1. The number of hydrazone groups is 1. The number of nitrogens with zero attached hydrogens (tertiary/aromatic N) is 1. The molecule has 0 saturated heterocycles. The third-order valence-electron chi connectivity index (χ3n) is 4.13. The molecule has 0 unspecified atom stereocenters. The highest BCUT2D eigenvalue weighted by molar-refractivity contribution is 6.00. The van der Waals surface area contributed by atoms with E-state index < -0.39 is 5.91 Å². The predicted octanol–water partition coefficient (Wildman–Crippen LogP) is 2.43. The van der Waals surface area contributed by atoms with Crippen LogP contribution in [0.4, 0.5) is 0 Å². The number of rotatable bonds is 7. The average Bonchev–Trinajstić information content (AvgIpc) is 3.00. The number of carbonyl (C=O) groups excluding carboxylic acids is 2. The van der Waals surface area contributed by atoms with Crippen LogP contribution in [0.15, 0.2) is 53.6 Å². The Morgan fingerprint density at radius 3 is 2.75 bits per heavy atom. The molecule has 3 aromatic rings. The monoisotopic (exact) mass is 378 g/mol. The maximum Gasteiger partial charge on any atom is 0.259 e. The summed E-state index contributed by atoms with van der Waals surface area (Å²) in [6, 6.07) is 15.3. The van der Waals surface area contributed by atoms with Crippen molar-refractivity contribution in [3.8, 4) is 5.75 Å². The smallest absolute Gasteiger partial charge is 0.259 e. The number of carbonyl (C=O) groups is 2.